The van der Waals surface area contributed by atoms with Gasteiger partial charge in [-0.1, -0.05) is 18.2 Å². The Morgan fingerprint density at radius 3 is 2.31 bits per heavy atom. The normalized spacial score (nSPS) is 15.8. The zero-order chi connectivity index (χ0) is 19.5. The lowest BCUT2D eigenvalue weighted by Gasteiger charge is -2.26. The van der Waals surface area contributed by atoms with Crippen molar-refractivity contribution in [3.63, 3.8) is 0 Å². The summed E-state index contributed by atoms with van der Waals surface area (Å²) in [4.78, 5) is 50.5. The summed E-state index contributed by atoms with van der Waals surface area (Å²) in [6.07, 6.45) is 0. The highest BCUT2D eigenvalue weighted by atomic mass is 16.5. The summed E-state index contributed by atoms with van der Waals surface area (Å²) in [7, 11) is 0. The van der Waals surface area contributed by atoms with Crippen molar-refractivity contribution in [3.05, 3.63) is 30.3 Å². The molecule has 1 aromatic rings. The molecule has 4 amide bonds. The molecular weight excluding hydrogens is 338 g/mol. The average molecular weight is 361 g/mol. The Hall–Kier alpha value is -2.90. The maximum atomic E-state index is 12.4. The Morgan fingerprint density at radius 2 is 1.81 bits per heavy atom. The predicted molar refractivity (Wildman–Crippen MR) is 94.3 cm³/mol. The molecule has 0 radical (unpaired) electrons. The number of imide groups is 1. The minimum absolute atomic E-state index is 0.129. The maximum Gasteiger partial charge on any atom is 0.326 e. The number of hydrogen-bond donors (Lipinski definition) is 1. The molecule has 0 saturated carbocycles. The van der Waals surface area contributed by atoms with Gasteiger partial charge in [0, 0.05) is 11.7 Å². The summed E-state index contributed by atoms with van der Waals surface area (Å²) >= 11 is 0. The smallest absolute Gasteiger partial charge is 0.326 e. The Bertz CT molecular complexity index is 715. The number of benzene rings is 1. The van der Waals surface area contributed by atoms with Crippen LogP contribution >= 0.6 is 0 Å². The molecule has 1 heterocycles. The Kier molecular flexibility index (Phi) is 5.64. The SMILES string of the molecule is CC(C)N(C(=O)COC(=O)CN1C(=O)NC(C)(C)C1=O)c1ccccc1. The number of anilines is 1. The van der Waals surface area contributed by atoms with Gasteiger partial charge in [-0.15, -0.1) is 0 Å². The molecule has 0 spiro atoms. The Labute approximate surface area is 152 Å². The van der Waals surface area contributed by atoms with Crippen molar-refractivity contribution >= 4 is 29.5 Å². The van der Waals surface area contributed by atoms with Crippen LogP contribution in [0.2, 0.25) is 0 Å². The molecule has 26 heavy (non-hydrogen) atoms. The number of urea groups is 1. The molecule has 0 atom stereocenters. The second-order valence-electron chi connectivity index (χ2n) is 6.80. The third-order valence-corrected chi connectivity index (χ3v) is 3.91. The molecule has 8 nitrogen and oxygen atoms in total. The van der Waals surface area contributed by atoms with Gasteiger partial charge in [0.05, 0.1) is 0 Å². The van der Waals surface area contributed by atoms with Crippen molar-refractivity contribution in [1.82, 2.24) is 10.2 Å². The molecule has 1 aliphatic heterocycles. The van der Waals surface area contributed by atoms with Crippen LogP contribution in [-0.2, 0) is 19.1 Å². The van der Waals surface area contributed by atoms with Gasteiger partial charge < -0.3 is 15.0 Å². The van der Waals surface area contributed by atoms with Crippen LogP contribution in [0.25, 0.3) is 0 Å². The van der Waals surface area contributed by atoms with E-state index in [1.165, 1.54) is 4.90 Å². The highest BCUT2D eigenvalue weighted by Crippen LogP contribution is 2.18. The molecule has 1 aliphatic rings. The number of amides is 4. The van der Waals surface area contributed by atoms with Crippen LogP contribution < -0.4 is 10.2 Å². The lowest BCUT2D eigenvalue weighted by atomic mass is 10.1. The van der Waals surface area contributed by atoms with E-state index in [0.29, 0.717) is 5.69 Å². The molecule has 1 saturated heterocycles. The standard InChI is InChI=1S/C18H23N3O5/c1-12(2)21(13-8-6-5-7-9-13)14(22)11-26-15(23)10-20-16(24)18(3,4)19-17(20)25/h5-9,12H,10-11H2,1-4H3,(H,19,25). The molecule has 2 rings (SSSR count). The lowest BCUT2D eigenvalue weighted by Crippen LogP contribution is -2.42. The predicted octanol–water partition coefficient (Wildman–Crippen LogP) is 1.30. The molecule has 0 aliphatic carbocycles. The topological polar surface area (TPSA) is 96.0 Å². The third-order valence-electron chi connectivity index (χ3n) is 3.91. The molecule has 140 valence electrons. The number of para-hydroxylation sites is 1. The molecular formula is C18H23N3O5. The first kappa shape index (κ1) is 19.4. The lowest BCUT2D eigenvalue weighted by molar-refractivity contribution is -0.150. The Balaban J connectivity index is 1.95. The van der Waals surface area contributed by atoms with Crippen LogP contribution in [0.4, 0.5) is 10.5 Å². The quantitative estimate of drug-likeness (QED) is 0.609. The fourth-order valence-corrected chi connectivity index (χ4v) is 2.67. The summed E-state index contributed by atoms with van der Waals surface area (Å²) in [5.41, 5.74) is -0.367. The molecule has 8 heteroatoms. The van der Waals surface area contributed by atoms with Crippen molar-refractivity contribution in [3.8, 4) is 0 Å². The monoisotopic (exact) mass is 361 g/mol. The number of carbonyl (C=O) groups is 4. The van der Waals surface area contributed by atoms with E-state index in [0.717, 1.165) is 4.90 Å². The number of ether oxygens (including phenoxy) is 1. The first-order valence-electron chi connectivity index (χ1n) is 8.30. The summed E-state index contributed by atoms with van der Waals surface area (Å²) in [6, 6.07) is 8.25. The highest BCUT2D eigenvalue weighted by Gasteiger charge is 2.45. The third kappa shape index (κ3) is 4.19. The molecule has 1 fully saturated rings. The van der Waals surface area contributed by atoms with Gasteiger partial charge in [0.15, 0.2) is 6.61 Å². The van der Waals surface area contributed by atoms with Crippen molar-refractivity contribution in [2.24, 2.45) is 0 Å². The molecule has 0 bridgehead atoms. The van der Waals surface area contributed by atoms with Crippen molar-refractivity contribution < 1.29 is 23.9 Å². The highest BCUT2D eigenvalue weighted by molar-refractivity contribution is 6.08. The minimum atomic E-state index is -1.06. The average Bonchev–Trinajstić information content (AvgIpc) is 2.75. The van der Waals surface area contributed by atoms with Crippen LogP contribution in [0.15, 0.2) is 30.3 Å². The first-order valence-corrected chi connectivity index (χ1v) is 8.30. The van der Waals surface area contributed by atoms with Crippen LogP contribution in [0.5, 0.6) is 0 Å². The summed E-state index contributed by atoms with van der Waals surface area (Å²) in [6.45, 7) is 5.78. The van der Waals surface area contributed by atoms with Crippen LogP contribution in [0.3, 0.4) is 0 Å². The van der Waals surface area contributed by atoms with E-state index in [1.54, 1.807) is 26.0 Å². The van der Waals surface area contributed by atoms with Crippen LogP contribution in [0.1, 0.15) is 27.7 Å². The minimum Gasteiger partial charge on any atom is -0.454 e. The van der Waals surface area contributed by atoms with Crippen molar-refractivity contribution in [2.45, 2.75) is 39.3 Å². The van der Waals surface area contributed by atoms with E-state index in [4.69, 9.17) is 4.74 Å². The number of rotatable bonds is 6. The molecule has 0 aromatic heterocycles. The van der Waals surface area contributed by atoms with Crippen LogP contribution in [-0.4, -0.2) is 53.4 Å². The van der Waals surface area contributed by atoms with E-state index >= 15 is 0 Å². The molecule has 0 unspecified atom stereocenters. The van der Waals surface area contributed by atoms with Gasteiger partial charge in [-0.2, -0.15) is 0 Å². The van der Waals surface area contributed by atoms with Crippen molar-refractivity contribution in [2.75, 3.05) is 18.1 Å². The first-order chi connectivity index (χ1) is 12.1. The Morgan fingerprint density at radius 1 is 1.19 bits per heavy atom. The fourth-order valence-electron chi connectivity index (χ4n) is 2.67. The fraction of sp³-hybridized carbons (Fsp3) is 0.444. The zero-order valence-electron chi connectivity index (χ0n) is 15.3. The van der Waals surface area contributed by atoms with Gasteiger partial charge in [0.1, 0.15) is 12.1 Å². The van der Waals surface area contributed by atoms with Gasteiger partial charge in [-0.05, 0) is 39.8 Å². The second-order valence-corrected chi connectivity index (χ2v) is 6.80. The van der Waals surface area contributed by atoms with Crippen LogP contribution in [0, 0.1) is 0 Å². The number of nitrogens with one attached hydrogen (secondary N) is 1. The number of esters is 1. The summed E-state index contributed by atoms with van der Waals surface area (Å²) in [5, 5.41) is 2.47. The van der Waals surface area contributed by atoms with E-state index in [1.807, 2.05) is 32.0 Å². The second kappa shape index (κ2) is 7.55. The molecule has 1 N–H and O–H groups in total. The summed E-state index contributed by atoms with van der Waals surface area (Å²) in [5.74, 6) is -1.73. The van der Waals surface area contributed by atoms with E-state index in [9.17, 15) is 19.2 Å². The van der Waals surface area contributed by atoms with E-state index in [-0.39, 0.29) is 6.04 Å². The largest absolute Gasteiger partial charge is 0.454 e. The number of nitrogens with zero attached hydrogens (tertiary/aromatic N) is 2. The zero-order valence-corrected chi connectivity index (χ0v) is 15.3. The van der Waals surface area contributed by atoms with Gasteiger partial charge >= 0.3 is 12.0 Å². The number of carbonyl (C=O) groups excluding carboxylic acids is 4. The summed E-state index contributed by atoms with van der Waals surface area (Å²) < 4.78 is 4.98. The van der Waals surface area contributed by atoms with E-state index < -0.39 is 42.5 Å². The maximum absolute atomic E-state index is 12.4. The van der Waals surface area contributed by atoms with Gasteiger partial charge in [-0.25, -0.2) is 4.79 Å². The van der Waals surface area contributed by atoms with Gasteiger partial charge in [0.2, 0.25) is 0 Å². The molecule has 1 aromatic carbocycles. The van der Waals surface area contributed by atoms with Gasteiger partial charge in [0.25, 0.3) is 11.8 Å². The van der Waals surface area contributed by atoms with Gasteiger partial charge in [-0.3, -0.25) is 19.3 Å². The number of hydrogen-bond acceptors (Lipinski definition) is 5. The van der Waals surface area contributed by atoms with Crippen molar-refractivity contribution in [1.29, 1.82) is 0 Å². The van der Waals surface area contributed by atoms with E-state index in [2.05, 4.69) is 5.32 Å².